The first-order valence-corrected chi connectivity index (χ1v) is 10.2. The molecule has 1 saturated heterocycles. The van der Waals surface area contributed by atoms with Gasteiger partial charge in [0.25, 0.3) is 10.0 Å². The zero-order valence-electron chi connectivity index (χ0n) is 13.9. The number of carbonyl (C=O) groups is 1. The molecule has 1 amide bonds. The summed E-state index contributed by atoms with van der Waals surface area (Å²) in [5.41, 5.74) is 1.01. The fraction of sp³-hybridized carbons (Fsp3) is 0.353. The van der Waals surface area contributed by atoms with E-state index in [2.05, 4.69) is 0 Å². The van der Waals surface area contributed by atoms with Gasteiger partial charge >= 0.3 is 0 Å². The van der Waals surface area contributed by atoms with Crippen LogP contribution in [0.5, 0.6) is 0 Å². The highest BCUT2D eigenvalue weighted by Gasteiger charge is 2.29. The van der Waals surface area contributed by atoms with Crippen molar-refractivity contribution in [2.45, 2.75) is 10.3 Å². The highest BCUT2D eigenvalue weighted by molar-refractivity contribution is 7.91. The van der Waals surface area contributed by atoms with Crippen molar-refractivity contribution in [3.63, 3.8) is 0 Å². The van der Waals surface area contributed by atoms with Crippen LogP contribution >= 0.6 is 11.3 Å². The van der Waals surface area contributed by atoms with Crippen LogP contribution in [0.15, 0.2) is 52.1 Å². The quantitative estimate of drug-likeness (QED) is 0.795. The van der Waals surface area contributed by atoms with Crippen molar-refractivity contribution in [1.29, 1.82) is 0 Å². The molecule has 2 heterocycles. The molecule has 0 bridgehead atoms. The number of hydrogen-bond donors (Lipinski definition) is 0. The maximum absolute atomic E-state index is 12.6. The van der Waals surface area contributed by atoms with Gasteiger partial charge in [-0.3, -0.25) is 4.79 Å². The lowest BCUT2D eigenvalue weighted by Gasteiger charge is -2.34. The molecule has 0 N–H and O–H groups in total. The van der Waals surface area contributed by atoms with Gasteiger partial charge in [0, 0.05) is 13.6 Å². The number of ether oxygens (including phenoxy) is 1. The number of rotatable bonds is 5. The van der Waals surface area contributed by atoms with Gasteiger partial charge < -0.3 is 9.64 Å². The fourth-order valence-corrected chi connectivity index (χ4v) is 5.01. The van der Waals surface area contributed by atoms with Gasteiger partial charge in [-0.15, -0.1) is 11.3 Å². The minimum Gasteiger partial charge on any atom is -0.370 e. The summed E-state index contributed by atoms with van der Waals surface area (Å²) in [5.74, 6) is -0.216. The third kappa shape index (κ3) is 4.09. The molecule has 0 saturated carbocycles. The standard InChI is InChI=1S/C17H20N2O4S2/c1-18(25(21,22)17-8-5-11-24-17)13-16(20)19-9-10-23-15(12-19)14-6-3-2-4-7-14/h2-8,11,15H,9-10,12-13H2,1H3. The third-order valence-electron chi connectivity index (χ3n) is 4.11. The van der Waals surface area contributed by atoms with E-state index < -0.39 is 10.0 Å². The van der Waals surface area contributed by atoms with Gasteiger partial charge in [0.15, 0.2) is 0 Å². The van der Waals surface area contributed by atoms with Crippen LogP contribution in [-0.2, 0) is 19.6 Å². The number of nitrogens with zero attached hydrogens (tertiary/aromatic N) is 2. The molecule has 134 valence electrons. The predicted molar refractivity (Wildman–Crippen MR) is 95.8 cm³/mol. The number of sulfonamides is 1. The SMILES string of the molecule is CN(CC(=O)N1CCOC(c2ccccc2)C1)S(=O)(=O)c1cccs1. The van der Waals surface area contributed by atoms with Crippen molar-refractivity contribution in [2.75, 3.05) is 33.3 Å². The molecule has 1 aliphatic heterocycles. The van der Waals surface area contributed by atoms with E-state index in [9.17, 15) is 13.2 Å². The zero-order valence-corrected chi connectivity index (χ0v) is 15.5. The molecule has 25 heavy (non-hydrogen) atoms. The van der Waals surface area contributed by atoms with Crippen LogP contribution in [0.1, 0.15) is 11.7 Å². The van der Waals surface area contributed by atoms with Crippen LogP contribution in [0.2, 0.25) is 0 Å². The molecule has 3 rings (SSSR count). The minimum atomic E-state index is -3.62. The van der Waals surface area contributed by atoms with Crippen molar-refractivity contribution in [3.05, 3.63) is 53.4 Å². The van der Waals surface area contributed by atoms with Gasteiger partial charge in [-0.05, 0) is 17.0 Å². The molecule has 0 spiro atoms. The topological polar surface area (TPSA) is 66.9 Å². The summed E-state index contributed by atoms with van der Waals surface area (Å²) in [6, 6.07) is 12.9. The first kappa shape index (κ1) is 18.1. The normalized spacial score (nSPS) is 18.5. The van der Waals surface area contributed by atoms with Gasteiger partial charge in [0.2, 0.25) is 5.91 Å². The monoisotopic (exact) mass is 380 g/mol. The Morgan fingerprint density at radius 2 is 2.04 bits per heavy atom. The number of amides is 1. The highest BCUT2D eigenvalue weighted by Crippen LogP contribution is 2.23. The molecule has 2 aromatic rings. The van der Waals surface area contributed by atoms with Gasteiger partial charge in [-0.1, -0.05) is 36.4 Å². The Morgan fingerprint density at radius 3 is 2.72 bits per heavy atom. The first-order chi connectivity index (χ1) is 12.0. The van der Waals surface area contributed by atoms with E-state index >= 15 is 0 Å². The molecule has 1 unspecified atom stereocenters. The lowest BCUT2D eigenvalue weighted by Crippen LogP contribution is -2.46. The molecule has 0 aliphatic carbocycles. The number of likely N-dealkylation sites (N-methyl/N-ethyl adjacent to an activating group) is 1. The van der Waals surface area contributed by atoms with E-state index in [4.69, 9.17) is 4.74 Å². The van der Waals surface area contributed by atoms with E-state index in [0.29, 0.717) is 19.7 Å². The minimum absolute atomic E-state index is 0.179. The van der Waals surface area contributed by atoms with Gasteiger partial charge in [0.1, 0.15) is 10.3 Å². The molecule has 1 aliphatic rings. The Hall–Kier alpha value is -1.74. The van der Waals surface area contributed by atoms with Crippen molar-refractivity contribution < 1.29 is 17.9 Å². The first-order valence-electron chi connectivity index (χ1n) is 7.92. The summed E-state index contributed by atoms with van der Waals surface area (Å²) in [4.78, 5) is 14.2. The molecule has 0 radical (unpaired) electrons. The van der Waals surface area contributed by atoms with Crippen LogP contribution in [0.3, 0.4) is 0 Å². The number of carbonyl (C=O) groups excluding carboxylic acids is 1. The fourth-order valence-electron chi connectivity index (χ4n) is 2.68. The van der Waals surface area contributed by atoms with Crippen LogP contribution in [0, 0.1) is 0 Å². The summed E-state index contributed by atoms with van der Waals surface area (Å²) in [6.45, 7) is 1.15. The predicted octanol–water partition coefficient (Wildman–Crippen LogP) is 1.97. The summed E-state index contributed by atoms with van der Waals surface area (Å²) in [5, 5.41) is 1.70. The van der Waals surface area contributed by atoms with E-state index in [0.717, 1.165) is 21.2 Å². The molecular weight excluding hydrogens is 360 g/mol. The number of morpholine rings is 1. The van der Waals surface area contributed by atoms with Crippen LogP contribution in [0.4, 0.5) is 0 Å². The van der Waals surface area contributed by atoms with Crippen molar-refractivity contribution in [1.82, 2.24) is 9.21 Å². The van der Waals surface area contributed by atoms with E-state index in [1.54, 1.807) is 22.4 Å². The summed E-state index contributed by atoms with van der Waals surface area (Å²) in [7, 11) is -2.19. The van der Waals surface area contributed by atoms with Gasteiger partial charge in [-0.2, -0.15) is 4.31 Å². The van der Waals surface area contributed by atoms with Crippen LogP contribution in [0.25, 0.3) is 0 Å². The van der Waals surface area contributed by atoms with E-state index in [-0.39, 0.29) is 22.8 Å². The maximum atomic E-state index is 12.6. The Labute approximate surface area is 151 Å². The molecular formula is C17H20N2O4S2. The number of thiophene rings is 1. The number of hydrogen-bond acceptors (Lipinski definition) is 5. The van der Waals surface area contributed by atoms with Crippen LogP contribution in [-0.4, -0.2) is 56.8 Å². The Kier molecular flexibility index (Phi) is 5.53. The average Bonchev–Trinajstić information content (AvgIpc) is 3.18. The third-order valence-corrected chi connectivity index (χ3v) is 7.28. The van der Waals surface area contributed by atoms with Gasteiger partial charge in [0.05, 0.1) is 19.7 Å². The lowest BCUT2D eigenvalue weighted by atomic mass is 10.1. The smallest absolute Gasteiger partial charge is 0.252 e. The summed E-state index contributed by atoms with van der Waals surface area (Å²) < 4.78 is 32.0. The van der Waals surface area contributed by atoms with Crippen molar-refractivity contribution >= 4 is 27.3 Å². The second kappa shape index (κ2) is 7.65. The summed E-state index contributed by atoms with van der Waals surface area (Å²) >= 11 is 1.14. The Morgan fingerprint density at radius 1 is 1.28 bits per heavy atom. The molecule has 1 atom stereocenters. The average molecular weight is 380 g/mol. The molecule has 1 fully saturated rings. The van der Waals surface area contributed by atoms with E-state index in [1.165, 1.54) is 7.05 Å². The Balaban J connectivity index is 1.65. The summed E-state index contributed by atoms with van der Waals surface area (Å²) in [6.07, 6.45) is -0.182. The maximum Gasteiger partial charge on any atom is 0.252 e. The van der Waals surface area contributed by atoms with Crippen molar-refractivity contribution in [3.8, 4) is 0 Å². The Bertz CT molecular complexity index is 806. The largest absolute Gasteiger partial charge is 0.370 e. The molecule has 6 nitrogen and oxygen atoms in total. The second-order valence-corrected chi connectivity index (χ2v) is 9.02. The highest BCUT2D eigenvalue weighted by atomic mass is 32.2. The van der Waals surface area contributed by atoms with Crippen LogP contribution < -0.4 is 0 Å². The van der Waals surface area contributed by atoms with Crippen molar-refractivity contribution in [2.24, 2.45) is 0 Å². The second-order valence-electron chi connectivity index (χ2n) is 5.80. The number of benzene rings is 1. The van der Waals surface area contributed by atoms with E-state index in [1.807, 2.05) is 30.3 Å². The van der Waals surface area contributed by atoms with Gasteiger partial charge in [-0.25, -0.2) is 8.42 Å². The zero-order chi connectivity index (χ0) is 17.9. The molecule has 1 aromatic heterocycles. The molecule has 8 heteroatoms. The molecule has 1 aromatic carbocycles. The lowest BCUT2D eigenvalue weighted by molar-refractivity contribution is -0.139.